The molecule has 2 amide bonds. The predicted molar refractivity (Wildman–Crippen MR) is 154 cm³/mol. The van der Waals surface area contributed by atoms with Crippen molar-refractivity contribution in [2.75, 3.05) is 42.7 Å². The first-order valence-corrected chi connectivity index (χ1v) is 13.4. The number of rotatable bonds is 7. The lowest BCUT2D eigenvalue weighted by Crippen LogP contribution is -2.32. The van der Waals surface area contributed by atoms with Crippen molar-refractivity contribution < 1.29 is 22.7 Å². The number of fused-ring (bicyclic) bond motifs is 1. The van der Waals surface area contributed by atoms with Crippen LogP contribution in [0.25, 0.3) is 10.9 Å². The number of hydrogen-bond acceptors (Lipinski definition) is 6. The zero-order valence-electron chi connectivity index (χ0n) is 22.1. The summed E-state index contributed by atoms with van der Waals surface area (Å²) in [5, 5.41) is 8.60. The Bertz CT molecular complexity index is 1540. The molecule has 2 heterocycles. The second-order valence-electron chi connectivity index (χ2n) is 9.94. The number of nitrogens with zero attached hydrogens (tertiary/aromatic N) is 3. The number of nitrogens with one attached hydrogen (secondary N) is 3. The fraction of sp³-hybridized carbons (Fsp3) is 0.276. The molecular weight excluding hydrogens is 557 g/mol. The molecule has 0 radical (unpaired) electrons. The Kier molecular flexibility index (Phi) is 8.46. The van der Waals surface area contributed by atoms with Crippen LogP contribution in [0.2, 0.25) is 5.02 Å². The Morgan fingerprint density at radius 1 is 1.00 bits per heavy atom. The van der Waals surface area contributed by atoms with Crippen LogP contribution in [0.15, 0.2) is 67.0 Å². The number of hydrogen-bond donors (Lipinski definition) is 3. The molecule has 41 heavy (non-hydrogen) atoms. The number of alkyl halides is 3. The zero-order valence-corrected chi connectivity index (χ0v) is 22.9. The highest BCUT2D eigenvalue weighted by molar-refractivity contribution is 6.31. The summed E-state index contributed by atoms with van der Waals surface area (Å²) in [7, 11) is 2.14. The maximum atomic E-state index is 13.1. The monoisotopic (exact) mass is 584 g/mol. The summed E-state index contributed by atoms with van der Waals surface area (Å²) in [5.41, 5.74) is 0.696. The second kappa shape index (κ2) is 12.2. The molecule has 12 heteroatoms. The lowest BCUT2D eigenvalue weighted by molar-refractivity contribution is -0.137. The number of carbonyl (C=O) groups excluding carboxylic acids is 1. The van der Waals surface area contributed by atoms with Gasteiger partial charge in [-0.2, -0.15) is 13.2 Å². The van der Waals surface area contributed by atoms with Gasteiger partial charge < -0.3 is 25.6 Å². The molecule has 5 rings (SSSR count). The minimum Gasteiger partial charge on any atom is -0.493 e. The third-order valence-corrected chi connectivity index (χ3v) is 7.17. The van der Waals surface area contributed by atoms with Gasteiger partial charge >= 0.3 is 12.2 Å². The van der Waals surface area contributed by atoms with E-state index in [2.05, 4.69) is 37.9 Å². The number of ether oxygens (including phenoxy) is 1. The van der Waals surface area contributed by atoms with Gasteiger partial charge in [0.15, 0.2) is 0 Å². The van der Waals surface area contributed by atoms with Crippen molar-refractivity contribution in [2.45, 2.75) is 19.0 Å². The van der Waals surface area contributed by atoms with E-state index in [1.807, 2.05) is 18.2 Å². The fourth-order valence-corrected chi connectivity index (χ4v) is 4.82. The Balaban J connectivity index is 1.23. The van der Waals surface area contributed by atoms with Gasteiger partial charge in [0.05, 0.1) is 22.7 Å². The number of halogens is 4. The van der Waals surface area contributed by atoms with E-state index in [1.165, 1.54) is 12.4 Å². The van der Waals surface area contributed by atoms with Gasteiger partial charge in [-0.1, -0.05) is 17.7 Å². The molecule has 3 aromatic carbocycles. The molecule has 0 saturated carbocycles. The summed E-state index contributed by atoms with van der Waals surface area (Å²) in [6, 6.07) is 15.0. The van der Waals surface area contributed by atoms with E-state index in [0.717, 1.165) is 54.7 Å². The number of aromatic nitrogens is 2. The van der Waals surface area contributed by atoms with Crippen LogP contribution >= 0.6 is 11.6 Å². The number of anilines is 4. The Hall–Kier alpha value is -4.09. The highest BCUT2D eigenvalue weighted by Gasteiger charge is 2.33. The summed E-state index contributed by atoms with van der Waals surface area (Å²) >= 11 is 5.65. The number of urea groups is 1. The molecule has 1 saturated heterocycles. The Labute approximate surface area is 239 Å². The van der Waals surface area contributed by atoms with Crippen LogP contribution in [0.3, 0.4) is 0 Å². The second-order valence-corrected chi connectivity index (χ2v) is 10.3. The van der Waals surface area contributed by atoms with Crippen molar-refractivity contribution in [3.05, 3.63) is 77.6 Å². The van der Waals surface area contributed by atoms with Gasteiger partial charge in [-0.3, -0.25) is 0 Å². The van der Waals surface area contributed by atoms with Crippen molar-refractivity contribution >= 4 is 51.4 Å². The van der Waals surface area contributed by atoms with Gasteiger partial charge in [0.25, 0.3) is 0 Å². The SMILES string of the molecule is CN1CCC(COc2ccc3c(Nc4cccc(NC(=O)Nc5ccc(Cl)c(C(F)(F)F)c5)c4)ncnc3c2)CC1. The van der Waals surface area contributed by atoms with E-state index in [9.17, 15) is 18.0 Å². The van der Waals surface area contributed by atoms with Crippen molar-refractivity contribution in [3.8, 4) is 5.75 Å². The standard InChI is InChI=1S/C29H28ClF3N6O2/c1-39-11-9-18(10-12-39)16-41-22-6-7-23-26(15-22)34-17-35-27(23)36-19-3-2-4-20(13-19)37-28(40)38-21-5-8-25(30)24(14-21)29(31,32)33/h2-8,13-15,17-18H,9-12,16H2,1H3,(H,34,35,36)(H2,37,38,40). The fourth-order valence-electron chi connectivity index (χ4n) is 4.59. The number of carbonyl (C=O) groups is 1. The molecule has 4 aromatic rings. The van der Waals surface area contributed by atoms with Crippen LogP contribution < -0.4 is 20.7 Å². The van der Waals surface area contributed by atoms with E-state index < -0.39 is 22.8 Å². The molecule has 8 nitrogen and oxygen atoms in total. The molecular formula is C29H28ClF3N6O2. The third kappa shape index (κ3) is 7.36. The molecule has 1 aromatic heterocycles. The number of benzene rings is 3. The smallest absolute Gasteiger partial charge is 0.417 e. The maximum Gasteiger partial charge on any atom is 0.417 e. The van der Waals surface area contributed by atoms with Gasteiger partial charge in [-0.15, -0.1) is 0 Å². The van der Waals surface area contributed by atoms with E-state index >= 15 is 0 Å². The van der Waals surface area contributed by atoms with Crippen LogP contribution in [0.5, 0.6) is 5.75 Å². The average molecular weight is 585 g/mol. The summed E-state index contributed by atoms with van der Waals surface area (Å²) in [6.07, 6.45) is -0.939. The molecule has 3 N–H and O–H groups in total. The normalized spacial score (nSPS) is 14.6. The molecule has 0 atom stereocenters. The van der Waals surface area contributed by atoms with Crippen LogP contribution in [0.4, 0.5) is 40.8 Å². The van der Waals surface area contributed by atoms with Crippen LogP contribution in [-0.4, -0.2) is 47.6 Å². The average Bonchev–Trinajstić information content (AvgIpc) is 2.93. The third-order valence-electron chi connectivity index (χ3n) is 6.84. The number of likely N-dealkylation sites (tertiary alicyclic amines) is 1. The molecule has 1 aliphatic rings. The van der Waals surface area contributed by atoms with Gasteiger partial charge in [-0.05, 0) is 87.4 Å². The number of amides is 2. The molecule has 0 bridgehead atoms. The Morgan fingerprint density at radius 2 is 1.73 bits per heavy atom. The predicted octanol–water partition coefficient (Wildman–Crippen LogP) is 7.41. The summed E-state index contributed by atoms with van der Waals surface area (Å²) in [5.74, 6) is 1.86. The summed E-state index contributed by atoms with van der Waals surface area (Å²) in [6.45, 7) is 2.84. The van der Waals surface area contributed by atoms with Gasteiger partial charge in [0, 0.05) is 28.5 Å². The Morgan fingerprint density at radius 3 is 2.49 bits per heavy atom. The first-order valence-electron chi connectivity index (χ1n) is 13.0. The van der Waals surface area contributed by atoms with Crippen LogP contribution in [-0.2, 0) is 6.18 Å². The van der Waals surface area contributed by atoms with E-state index in [1.54, 1.807) is 24.3 Å². The van der Waals surface area contributed by atoms with Gasteiger partial charge in [0.1, 0.15) is 17.9 Å². The topological polar surface area (TPSA) is 91.4 Å². The molecule has 1 fully saturated rings. The van der Waals surface area contributed by atoms with Gasteiger partial charge in [-0.25, -0.2) is 14.8 Å². The maximum absolute atomic E-state index is 13.1. The van der Waals surface area contributed by atoms with Crippen molar-refractivity contribution in [3.63, 3.8) is 0 Å². The molecule has 0 spiro atoms. The van der Waals surface area contributed by atoms with Crippen LogP contribution in [0, 0.1) is 5.92 Å². The first kappa shape index (κ1) is 28.4. The first-order chi connectivity index (χ1) is 19.6. The molecule has 0 aliphatic carbocycles. The van der Waals surface area contributed by atoms with E-state index in [0.29, 0.717) is 29.7 Å². The minimum atomic E-state index is -4.64. The highest BCUT2D eigenvalue weighted by atomic mass is 35.5. The van der Waals surface area contributed by atoms with Crippen LogP contribution in [0.1, 0.15) is 18.4 Å². The number of piperidine rings is 1. The lowest BCUT2D eigenvalue weighted by atomic mass is 9.98. The van der Waals surface area contributed by atoms with Crippen molar-refractivity contribution in [1.82, 2.24) is 14.9 Å². The quantitative estimate of drug-likeness (QED) is 0.209. The van der Waals surface area contributed by atoms with Crippen molar-refractivity contribution in [2.24, 2.45) is 5.92 Å². The lowest BCUT2D eigenvalue weighted by Gasteiger charge is -2.28. The summed E-state index contributed by atoms with van der Waals surface area (Å²) in [4.78, 5) is 23.6. The molecule has 214 valence electrons. The van der Waals surface area contributed by atoms with Crippen molar-refractivity contribution in [1.29, 1.82) is 0 Å². The zero-order chi connectivity index (χ0) is 29.0. The highest BCUT2D eigenvalue weighted by Crippen LogP contribution is 2.36. The largest absolute Gasteiger partial charge is 0.493 e. The van der Waals surface area contributed by atoms with E-state index in [-0.39, 0.29) is 5.69 Å². The van der Waals surface area contributed by atoms with E-state index in [4.69, 9.17) is 16.3 Å². The molecule has 0 unspecified atom stereocenters. The summed E-state index contributed by atoms with van der Waals surface area (Å²) < 4.78 is 45.5. The molecule has 1 aliphatic heterocycles. The van der Waals surface area contributed by atoms with Gasteiger partial charge in [0.2, 0.25) is 0 Å². The minimum absolute atomic E-state index is 0.0457.